The second-order valence-corrected chi connectivity index (χ2v) is 6.98. The lowest BCUT2D eigenvalue weighted by molar-refractivity contribution is -0.134. The Kier molecular flexibility index (Phi) is 5.18. The summed E-state index contributed by atoms with van der Waals surface area (Å²) in [6.45, 7) is -0.389. The van der Waals surface area contributed by atoms with Crippen molar-refractivity contribution in [2.24, 2.45) is 0 Å². The monoisotopic (exact) mass is 339 g/mol. The van der Waals surface area contributed by atoms with Gasteiger partial charge in [0.1, 0.15) is 12.3 Å². The van der Waals surface area contributed by atoms with Crippen LogP contribution in [0.4, 0.5) is 0 Å². The molecule has 0 aromatic heterocycles. The molecule has 5 nitrogen and oxygen atoms in total. The number of halogens is 1. The largest absolute Gasteiger partial charge is 0.426 e. The van der Waals surface area contributed by atoms with E-state index >= 15 is 0 Å². The molecule has 0 atom stereocenters. The molecule has 0 bridgehead atoms. The second-order valence-electron chi connectivity index (χ2n) is 4.50. The molecule has 7 heteroatoms. The predicted molar refractivity (Wildman–Crippen MR) is 83.3 cm³/mol. The van der Waals surface area contributed by atoms with Gasteiger partial charge in [0.15, 0.2) is 0 Å². The number of hydrogen-bond acceptors (Lipinski definition) is 4. The molecule has 0 radical (unpaired) electrons. The van der Waals surface area contributed by atoms with E-state index in [-0.39, 0.29) is 11.4 Å². The molecule has 0 aliphatic rings. The lowest BCUT2D eigenvalue weighted by atomic mass is 10.3. The average molecular weight is 340 g/mol. The summed E-state index contributed by atoms with van der Waals surface area (Å²) in [6.07, 6.45) is 0. The molecule has 2 aromatic carbocycles. The van der Waals surface area contributed by atoms with Gasteiger partial charge in [-0.25, -0.2) is 8.42 Å². The van der Waals surface area contributed by atoms with Gasteiger partial charge >= 0.3 is 5.97 Å². The van der Waals surface area contributed by atoms with E-state index in [1.54, 1.807) is 30.3 Å². The summed E-state index contributed by atoms with van der Waals surface area (Å²) in [6, 6.07) is 14.2. The number of benzene rings is 2. The highest BCUT2D eigenvalue weighted by atomic mass is 35.5. The minimum Gasteiger partial charge on any atom is -0.426 e. The van der Waals surface area contributed by atoms with Gasteiger partial charge in [-0.3, -0.25) is 4.79 Å². The van der Waals surface area contributed by atoms with Crippen molar-refractivity contribution in [3.05, 3.63) is 59.6 Å². The third-order valence-corrected chi connectivity index (χ3v) is 4.92. The topological polar surface area (TPSA) is 63.7 Å². The molecule has 0 amide bonds. The van der Waals surface area contributed by atoms with E-state index in [9.17, 15) is 13.2 Å². The summed E-state index contributed by atoms with van der Waals surface area (Å²) < 4.78 is 30.6. The van der Waals surface area contributed by atoms with Crippen LogP contribution in [0.1, 0.15) is 0 Å². The third kappa shape index (κ3) is 4.07. The van der Waals surface area contributed by atoms with Gasteiger partial charge in [-0.15, -0.1) is 0 Å². The fraction of sp³-hybridized carbons (Fsp3) is 0.133. The summed E-state index contributed by atoms with van der Waals surface area (Å²) in [5, 5.41) is 0.435. The molecule has 0 aliphatic carbocycles. The van der Waals surface area contributed by atoms with E-state index in [1.807, 2.05) is 0 Å². The van der Waals surface area contributed by atoms with Gasteiger partial charge < -0.3 is 4.74 Å². The molecule has 0 aliphatic heterocycles. The van der Waals surface area contributed by atoms with Crippen LogP contribution in [0, 0.1) is 0 Å². The molecule has 2 aromatic rings. The maximum atomic E-state index is 12.3. The van der Waals surface area contributed by atoms with Crippen molar-refractivity contribution in [2.75, 3.05) is 13.6 Å². The number of ether oxygens (including phenoxy) is 1. The number of likely N-dealkylation sites (N-methyl/N-ethyl adjacent to an activating group) is 1. The summed E-state index contributed by atoms with van der Waals surface area (Å²) >= 11 is 5.73. The number of esters is 1. The molecular weight excluding hydrogens is 326 g/mol. The quantitative estimate of drug-likeness (QED) is 0.620. The molecule has 0 heterocycles. The summed E-state index contributed by atoms with van der Waals surface area (Å²) in [7, 11) is -2.45. The highest BCUT2D eigenvalue weighted by Crippen LogP contribution is 2.17. The fourth-order valence-corrected chi connectivity index (χ4v) is 2.95. The lowest BCUT2D eigenvalue weighted by Gasteiger charge is -2.16. The molecule has 0 N–H and O–H groups in total. The Labute approximate surface area is 134 Å². The van der Waals surface area contributed by atoms with Gasteiger partial charge in [0.05, 0.1) is 4.90 Å². The van der Waals surface area contributed by atoms with Gasteiger partial charge in [-0.05, 0) is 36.4 Å². The van der Waals surface area contributed by atoms with Crippen LogP contribution in [-0.4, -0.2) is 32.3 Å². The first-order chi connectivity index (χ1) is 10.4. The van der Waals surface area contributed by atoms with Gasteiger partial charge in [-0.2, -0.15) is 4.31 Å². The number of carbonyl (C=O) groups is 1. The Morgan fingerprint density at radius 3 is 2.27 bits per heavy atom. The first-order valence-electron chi connectivity index (χ1n) is 6.37. The molecule has 22 heavy (non-hydrogen) atoms. The number of sulfonamides is 1. The minimum absolute atomic E-state index is 0.0620. The lowest BCUT2D eigenvalue weighted by Crippen LogP contribution is -2.34. The Morgan fingerprint density at radius 1 is 1.09 bits per heavy atom. The van der Waals surface area contributed by atoms with Gasteiger partial charge in [0, 0.05) is 12.1 Å². The molecule has 0 spiro atoms. The van der Waals surface area contributed by atoms with Gasteiger partial charge in [0.25, 0.3) is 0 Å². The van der Waals surface area contributed by atoms with Gasteiger partial charge in [0.2, 0.25) is 10.0 Å². The maximum absolute atomic E-state index is 12.3. The van der Waals surface area contributed by atoms with Crippen LogP contribution >= 0.6 is 11.6 Å². The maximum Gasteiger partial charge on any atom is 0.326 e. The molecule has 0 saturated heterocycles. The van der Waals surface area contributed by atoms with E-state index in [4.69, 9.17) is 16.3 Å². The van der Waals surface area contributed by atoms with Crippen LogP contribution in [0.5, 0.6) is 5.75 Å². The number of carbonyl (C=O) groups excluding carboxylic acids is 1. The van der Waals surface area contributed by atoms with Crippen LogP contribution in [0.15, 0.2) is 59.5 Å². The SMILES string of the molecule is CN(CC(=O)Oc1ccccc1)S(=O)(=O)c1ccc(Cl)cc1. The first-order valence-corrected chi connectivity index (χ1v) is 8.19. The highest BCUT2D eigenvalue weighted by Gasteiger charge is 2.23. The molecule has 0 fully saturated rings. The highest BCUT2D eigenvalue weighted by molar-refractivity contribution is 7.89. The van der Waals surface area contributed by atoms with Gasteiger partial charge in [-0.1, -0.05) is 29.8 Å². The Hall–Kier alpha value is -1.89. The average Bonchev–Trinajstić information content (AvgIpc) is 2.48. The van der Waals surface area contributed by atoms with Crippen LogP contribution in [0.25, 0.3) is 0 Å². The van der Waals surface area contributed by atoms with Crippen LogP contribution in [0.3, 0.4) is 0 Å². The first kappa shape index (κ1) is 16.5. The fourth-order valence-electron chi connectivity index (χ4n) is 1.71. The molecular formula is C15H14ClNO4S. The standard InChI is InChI=1S/C15H14ClNO4S/c1-17(11-15(18)21-13-5-3-2-4-6-13)22(19,20)14-9-7-12(16)8-10-14/h2-10H,11H2,1H3. The zero-order valence-electron chi connectivity index (χ0n) is 11.8. The van der Waals surface area contributed by atoms with Crippen molar-refractivity contribution in [1.29, 1.82) is 0 Å². The normalized spacial score (nSPS) is 11.4. The number of rotatable bonds is 5. The van der Waals surface area contributed by atoms with Crippen molar-refractivity contribution in [3.63, 3.8) is 0 Å². The van der Waals surface area contributed by atoms with Crippen molar-refractivity contribution in [1.82, 2.24) is 4.31 Å². The van der Waals surface area contributed by atoms with E-state index in [2.05, 4.69) is 0 Å². The summed E-state index contributed by atoms with van der Waals surface area (Å²) in [5.74, 6) is -0.295. The number of nitrogens with zero attached hydrogens (tertiary/aromatic N) is 1. The zero-order valence-corrected chi connectivity index (χ0v) is 13.3. The Morgan fingerprint density at radius 2 is 1.68 bits per heavy atom. The van der Waals surface area contributed by atoms with E-state index in [1.165, 1.54) is 31.3 Å². The van der Waals surface area contributed by atoms with Crippen molar-refractivity contribution < 1.29 is 17.9 Å². The summed E-state index contributed by atoms with van der Waals surface area (Å²) in [5.41, 5.74) is 0. The number of para-hydroxylation sites is 1. The summed E-state index contributed by atoms with van der Waals surface area (Å²) in [4.78, 5) is 11.9. The molecule has 0 saturated carbocycles. The Bertz CT molecular complexity index is 745. The molecule has 116 valence electrons. The zero-order chi connectivity index (χ0) is 16.2. The molecule has 2 rings (SSSR count). The molecule has 0 unspecified atom stereocenters. The minimum atomic E-state index is -3.77. The van der Waals surface area contributed by atoms with Crippen LogP contribution < -0.4 is 4.74 Å². The van der Waals surface area contributed by atoms with Crippen LogP contribution in [-0.2, 0) is 14.8 Å². The van der Waals surface area contributed by atoms with Crippen molar-refractivity contribution in [2.45, 2.75) is 4.90 Å². The van der Waals surface area contributed by atoms with Crippen LogP contribution in [0.2, 0.25) is 5.02 Å². The van der Waals surface area contributed by atoms with E-state index < -0.39 is 16.0 Å². The number of hydrogen-bond donors (Lipinski definition) is 0. The Balaban J connectivity index is 2.06. The van der Waals surface area contributed by atoms with Crippen molar-refractivity contribution in [3.8, 4) is 5.75 Å². The third-order valence-electron chi connectivity index (χ3n) is 2.85. The smallest absolute Gasteiger partial charge is 0.326 e. The van der Waals surface area contributed by atoms with E-state index in [0.717, 1.165) is 4.31 Å². The van der Waals surface area contributed by atoms with E-state index in [0.29, 0.717) is 10.8 Å². The predicted octanol–water partition coefficient (Wildman–Crippen LogP) is 2.57. The second kappa shape index (κ2) is 6.91. The van der Waals surface area contributed by atoms with Crippen molar-refractivity contribution >= 4 is 27.6 Å².